The number of anilines is 2. The second-order valence-electron chi connectivity index (χ2n) is 7.84. The van der Waals surface area contributed by atoms with Crippen LogP contribution in [0.4, 0.5) is 11.5 Å². The number of hydrogen-bond donors (Lipinski definition) is 1. The van der Waals surface area contributed by atoms with E-state index in [1.54, 1.807) is 12.3 Å². The van der Waals surface area contributed by atoms with Crippen LogP contribution in [0.5, 0.6) is 0 Å². The molecule has 1 aliphatic heterocycles. The van der Waals surface area contributed by atoms with Gasteiger partial charge >= 0.3 is 0 Å². The van der Waals surface area contributed by atoms with Crippen molar-refractivity contribution in [3.63, 3.8) is 0 Å². The van der Waals surface area contributed by atoms with Crippen molar-refractivity contribution in [3.05, 3.63) is 60.7 Å². The van der Waals surface area contributed by atoms with Gasteiger partial charge in [0, 0.05) is 37.7 Å². The lowest BCUT2D eigenvalue weighted by Crippen LogP contribution is -2.49. The Kier molecular flexibility index (Phi) is 5.11. The number of benzene rings is 1. The number of pyridine rings is 1. The third-order valence-electron chi connectivity index (χ3n) is 5.69. The monoisotopic (exact) mass is 417 g/mol. The average molecular weight is 417 g/mol. The van der Waals surface area contributed by atoms with Crippen LogP contribution >= 0.6 is 0 Å². The minimum absolute atomic E-state index is 0.216. The number of carbonyl (C=O) groups is 2. The number of aromatic nitrogens is 2. The van der Waals surface area contributed by atoms with E-state index in [0.717, 1.165) is 50.3 Å². The van der Waals surface area contributed by atoms with Gasteiger partial charge in [-0.2, -0.15) is 0 Å². The molecule has 3 aromatic rings. The summed E-state index contributed by atoms with van der Waals surface area (Å²) in [7, 11) is 0. The molecule has 31 heavy (non-hydrogen) atoms. The van der Waals surface area contributed by atoms with Gasteiger partial charge in [-0.1, -0.05) is 30.3 Å². The van der Waals surface area contributed by atoms with Crippen LogP contribution in [-0.4, -0.2) is 52.9 Å². The lowest BCUT2D eigenvalue weighted by molar-refractivity contribution is -0.132. The Labute approximate surface area is 179 Å². The van der Waals surface area contributed by atoms with E-state index in [4.69, 9.17) is 4.42 Å². The Bertz CT molecular complexity index is 1070. The molecule has 0 spiro atoms. The van der Waals surface area contributed by atoms with Crippen molar-refractivity contribution >= 4 is 23.3 Å². The SMILES string of the molecule is O=C(Nc1ccc(N2CCN(C(=O)C3CC3)CC2)cn1)c1ncoc1-c1ccccc1. The lowest BCUT2D eigenvalue weighted by atomic mass is 10.1. The first-order chi connectivity index (χ1) is 15.2. The van der Waals surface area contributed by atoms with E-state index >= 15 is 0 Å². The molecule has 5 rings (SSSR count). The van der Waals surface area contributed by atoms with Crippen LogP contribution in [0.15, 0.2) is 59.5 Å². The molecule has 158 valence electrons. The van der Waals surface area contributed by atoms with E-state index in [1.165, 1.54) is 6.39 Å². The summed E-state index contributed by atoms with van der Waals surface area (Å²) in [5.41, 5.74) is 1.98. The van der Waals surface area contributed by atoms with Gasteiger partial charge in [0.25, 0.3) is 5.91 Å². The summed E-state index contributed by atoms with van der Waals surface area (Å²) in [5, 5.41) is 2.78. The van der Waals surface area contributed by atoms with Crippen LogP contribution < -0.4 is 10.2 Å². The Morgan fingerprint density at radius 1 is 0.968 bits per heavy atom. The zero-order valence-electron chi connectivity index (χ0n) is 17.0. The number of carbonyl (C=O) groups excluding carboxylic acids is 2. The largest absolute Gasteiger partial charge is 0.443 e. The van der Waals surface area contributed by atoms with Gasteiger partial charge in [0.15, 0.2) is 17.8 Å². The van der Waals surface area contributed by atoms with Gasteiger partial charge in [-0.25, -0.2) is 9.97 Å². The van der Waals surface area contributed by atoms with Gasteiger partial charge < -0.3 is 19.5 Å². The highest BCUT2D eigenvalue weighted by atomic mass is 16.3. The minimum atomic E-state index is -0.375. The number of rotatable bonds is 5. The van der Waals surface area contributed by atoms with Crippen LogP contribution in [0.25, 0.3) is 11.3 Å². The van der Waals surface area contributed by atoms with Gasteiger partial charge in [-0.3, -0.25) is 9.59 Å². The molecule has 1 N–H and O–H groups in total. The van der Waals surface area contributed by atoms with Gasteiger partial charge in [0.05, 0.1) is 11.9 Å². The Balaban J connectivity index is 1.21. The number of hydrogen-bond acceptors (Lipinski definition) is 6. The summed E-state index contributed by atoms with van der Waals surface area (Å²) in [6.07, 6.45) is 5.09. The molecule has 1 saturated carbocycles. The number of nitrogens with zero attached hydrogens (tertiary/aromatic N) is 4. The second kappa shape index (κ2) is 8.22. The minimum Gasteiger partial charge on any atom is -0.443 e. The molecular weight excluding hydrogens is 394 g/mol. The third-order valence-corrected chi connectivity index (χ3v) is 5.69. The molecule has 2 aliphatic rings. The maximum atomic E-state index is 12.7. The zero-order chi connectivity index (χ0) is 21.2. The lowest BCUT2D eigenvalue weighted by Gasteiger charge is -2.36. The van der Waals surface area contributed by atoms with E-state index in [1.807, 2.05) is 41.3 Å². The van der Waals surface area contributed by atoms with Crippen molar-refractivity contribution < 1.29 is 14.0 Å². The fraction of sp³-hybridized carbons (Fsp3) is 0.304. The summed E-state index contributed by atoms with van der Waals surface area (Å²) >= 11 is 0. The van der Waals surface area contributed by atoms with E-state index in [-0.39, 0.29) is 17.5 Å². The van der Waals surface area contributed by atoms with Crippen molar-refractivity contribution in [1.29, 1.82) is 0 Å². The standard InChI is InChI=1S/C23H23N5O3/c29-22(20-21(31-15-25-20)16-4-2-1-3-5-16)26-19-9-8-18(14-24-19)27-10-12-28(13-11-27)23(30)17-6-7-17/h1-5,8-9,14-15,17H,6-7,10-13H2,(H,24,26,29). The first-order valence-electron chi connectivity index (χ1n) is 10.5. The number of oxazole rings is 1. The first-order valence-corrected chi connectivity index (χ1v) is 10.5. The normalized spacial score (nSPS) is 16.3. The van der Waals surface area contributed by atoms with Crippen molar-refractivity contribution in [1.82, 2.24) is 14.9 Å². The van der Waals surface area contributed by atoms with Gasteiger partial charge in [-0.05, 0) is 25.0 Å². The molecule has 0 unspecified atom stereocenters. The third kappa shape index (κ3) is 4.14. The van der Waals surface area contributed by atoms with Crippen LogP contribution in [-0.2, 0) is 4.79 Å². The molecular formula is C23H23N5O3. The molecule has 2 aromatic heterocycles. The Morgan fingerprint density at radius 2 is 1.74 bits per heavy atom. The molecule has 3 heterocycles. The average Bonchev–Trinajstić information content (AvgIpc) is 3.55. The molecule has 0 bridgehead atoms. The van der Waals surface area contributed by atoms with Crippen molar-refractivity contribution in [3.8, 4) is 11.3 Å². The molecule has 2 amide bonds. The summed E-state index contributed by atoms with van der Waals surface area (Å²) in [6, 6.07) is 13.1. The highest BCUT2D eigenvalue weighted by molar-refractivity contribution is 6.05. The van der Waals surface area contributed by atoms with Gasteiger partial charge in [0.2, 0.25) is 5.91 Å². The first kappa shape index (κ1) is 19.3. The van der Waals surface area contributed by atoms with Crippen LogP contribution in [0.2, 0.25) is 0 Å². The Morgan fingerprint density at radius 3 is 2.42 bits per heavy atom. The predicted octanol–water partition coefficient (Wildman–Crippen LogP) is 3.05. The van der Waals surface area contributed by atoms with Crippen LogP contribution in [0, 0.1) is 5.92 Å². The molecule has 2 fully saturated rings. The maximum absolute atomic E-state index is 12.7. The van der Waals surface area contributed by atoms with Gasteiger partial charge in [0.1, 0.15) is 5.82 Å². The highest BCUT2D eigenvalue weighted by Crippen LogP contribution is 2.31. The maximum Gasteiger partial charge on any atom is 0.279 e. The molecule has 1 aliphatic carbocycles. The molecule has 1 aromatic carbocycles. The molecule has 0 atom stereocenters. The summed E-state index contributed by atoms with van der Waals surface area (Å²) in [4.78, 5) is 37.5. The molecule has 0 radical (unpaired) electrons. The van der Waals surface area contributed by atoms with Crippen molar-refractivity contribution in [2.75, 3.05) is 36.4 Å². The quantitative estimate of drug-likeness (QED) is 0.686. The predicted molar refractivity (Wildman–Crippen MR) is 116 cm³/mol. The summed E-state index contributed by atoms with van der Waals surface area (Å²) < 4.78 is 5.43. The van der Waals surface area contributed by atoms with E-state index in [2.05, 4.69) is 20.2 Å². The van der Waals surface area contributed by atoms with Crippen LogP contribution in [0.3, 0.4) is 0 Å². The number of amides is 2. The van der Waals surface area contributed by atoms with E-state index in [0.29, 0.717) is 17.5 Å². The number of nitrogens with one attached hydrogen (secondary N) is 1. The second-order valence-corrected chi connectivity index (χ2v) is 7.84. The number of piperazine rings is 1. The smallest absolute Gasteiger partial charge is 0.279 e. The molecule has 1 saturated heterocycles. The van der Waals surface area contributed by atoms with Crippen molar-refractivity contribution in [2.45, 2.75) is 12.8 Å². The molecule has 8 heteroatoms. The topological polar surface area (TPSA) is 91.6 Å². The fourth-order valence-electron chi connectivity index (χ4n) is 3.80. The van der Waals surface area contributed by atoms with Gasteiger partial charge in [-0.15, -0.1) is 0 Å². The van der Waals surface area contributed by atoms with E-state index in [9.17, 15) is 9.59 Å². The highest BCUT2D eigenvalue weighted by Gasteiger charge is 2.34. The van der Waals surface area contributed by atoms with E-state index < -0.39 is 0 Å². The fourth-order valence-corrected chi connectivity index (χ4v) is 3.80. The summed E-state index contributed by atoms with van der Waals surface area (Å²) in [6.45, 7) is 3.04. The Hall–Kier alpha value is -3.68. The van der Waals surface area contributed by atoms with Crippen LogP contribution in [0.1, 0.15) is 23.3 Å². The summed E-state index contributed by atoms with van der Waals surface area (Å²) in [5.74, 6) is 1.06. The zero-order valence-corrected chi connectivity index (χ0v) is 17.0. The molecule has 8 nitrogen and oxygen atoms in total. The van der Waals surface area contributed by atoms with Crippen molar-refractivity contribution in [2.24, 2.45) is 5.92 Å².